The van der Waals surface area contributed by atoms with E-state index in [-0.39, 0.29) is 0 Å². The number of hydrogen-bond donors (Lipinski definition) is 0. The number of hydrogen-bond acceptors (Lipinski definition) is 3. The second kappa shape index (κ2) is 10.3. The first-order valence-electron chi connectivity index (χ1n) is 17.7. The number of furan rings is 1. The average molecular weight is 662 g/mol. The second-order valence-corrected chi connectivity index (χ2v) is 13.7. The summed E-state index contributed by atoms with van der Waals surface area (Å²) >= 11 is 0. The number of benzene rings is 7. The van der Waals surface area contributed by atoms with Gasteiger partial charge in [-0.05, 0) is 48.0 Å². The van der Waals surface area contributed by atoms with Gasteiger partial charge < -0.3 is 8.82 Å². The van der Waals surface area contributed by atoms with Gasteiger partial charge in [0.25, 0.3) is 0 Å². The molecule has 5 aromatic heterocycles. The minimum atomic E-state index is 0.903. The van der Waals surface area contributed by atoms with E-state index in [9.17, 15) is 0 Å². The Morgan fingerprint density at radius 3 is 1.62 bits per heavy atom. The number of para-hydroxylation sites is 4. The number of aromatic nitrogens is 3. The van der Waals surface area contributed by atoms with Gasteiger partial charge in [-0.1, -0.05) is 121 Å². The molecule has 0 saturated carbocycles. The van der Waals surface area contributed by atoms with Gasteiger partial charge in [-0.15, -0.1) is 0 Å². The van der Waals surface area contributed by atoms with E-state index in [1.807, 2.05) is 12.1 Å². The molecular formula is C48H27N3O. The zero-order chi connectivity index (χ0) is 33.9. The first-order valence-corrected chi connectivity index (χ1v) is 17.7. The third kappa shape index (κ3) is 3.81. The van der Waals surface area contributed by atoms with Crippen LogP contribution in [-0.2, 0) is 0 Å². The molecule has 0 atom stereocenters. The SMILES string of the molecule is c1ccc2c(c1)oc1c(-c3ccc(-c4ccc5ccc6ccc(-c7cc8c9ccccc9n9c%10ccccc%10c(c7)c89)nc6c5n4)cc3)cccc12. The molecule has 0 unspecified atom stereocenters. The number of rotatable bonds is 3. The lowest BCUT2D eigenvalue weighted by molar-refractivity contribution is 0.670. The maximum absolute atomic E-state index is 6.33. The molecule has 12 aromatic rings. The lowest BCUT2D eigenvalue weighted by atomic mass is 10.00. The van der Waals surface area contributed by atoms with E-state index in [4.69, 9.17) is 14.4 Å². The molecule has 0 aliphatic heterocycles. The van der Waals surface area contributed by atoms with Gasteiger partial charge in [-0.3, -0.25) is 0 Å². The molecule has 0 aliphatic rings. The third-order valence-electron chi connectivity index (χ3n) is 10.9. The Morgan fingerprint density at radius 1 is 0.404 bits per heavy atom. The van der Waals surface area contributed by atoms with Crippen molar-refractivity contribution in [3.05, 3.63) is 164 Å². The first kappa shape index (κ1) is 27.7. The molecule has 0 N–H and O–H groups in total. The van der Waals surface area contributed by atoms with Gasteiger partial charge in [-0.2, -0.15) is 0 Å². The fraction of sp³-hybridized carbons (Fsp3) is 0. The summed E-state index contributed by atoms with van der Waals surface area (Å²) in [5.74, 6) is 0. The van der Waals surface area contributed by atoms with Crippen LogP contribution < -0.4 is 0 Å². The van der Waals surface area contributed by atoms with E-state index < -0.39 is 0 Å². The highest BCUT2D eigenvalue weighted by Crippen LogP contribution is 2.42. The standard InChI is InChI=1S/C48H27N3O/c1-4-13-42-34(8-1)38-26-32(27-39-35-9-2-5-14-43(35)51(42)47(38)39)41-25-23-31-21-20-30-22-24-40(49-45(30)46(31)50-41)29-18-16-28(17-19-29)33-11-7-12-37-36-10-3-6-15-44(36)52-48(33)37/h1-27H. The van der Waals surface area contributed by atoms with Gasteiger partial charge in [0.1, 0.15) is 11.2 Å². The predicted molar refractivity (Wildman–Crippen MR) is 215 cm³/mol. The van der Waals surface area contributed by atoms with Gasteiger partial charge in [-0.25, -0.2) is 9.97 Å². The molecule has 0 amide bonds. The predicted octanol–water partition coefficient (Wildman–Crippen LogP) is 12.8. The Labute approximate surface area is 297 Å². The van der Waals surface area contributed by atoms with Crippen molar-refractivity contribution in [2.24, 2.45) is 0 Å². The van der Waals surface area contributed by atoms with E-state index >= 15 is 0 Å². The Bertz CT molecular complexity index is 3320. The lowest BCUT2D eigenvalue weighted by Crippen LogP contribution is -1.91. The first-order chi connectivity index (χ1) is 25.8. The normalized spacial score (nSPS) is 12.2. The van der Waals surface area contributed by atoms with Crippen molar-refractivity contribution < 1.29 is 4.42 Å². The van der Waals surface area contributed by atoms with Crippen LogP contribution in [0.25, 0.3) is 115 Å². The largest absolute Gasteiger partial charge is 0.455 e. The van der Waals surface area contributed by atoms with E-state index in [0.717, 1.165) is 77.4 Å². The highest BCUT2D eigenvalue weighted by atomic mass is 16.3. The maximum Gasteiger partial charge on any atom is 0.143 e. The molecule has 0 saturated heterocycles. The van der Waals surface area contributed by atoms with Crippen LogP contribution in [0.3, 0.4) is 0 Å². The van der Waals surface area contributed by atoms with Crippen LogP contribution in [0.4, 0.5) is 0 Å². The Balaban J connectivity index is 0.993. The topological polar surface area (TPSA) is 43.3 Å². The second-order valence-electron chi connectivity index (χ2n) is 13.7. The number of nitrogens with zero attached hydrogens (tertiary/aromatic N) is 3. The molecule has 12 rings (SSSR count). The molecule has 5 heterocycles. The van der Waals surface area contributed by atoms with Crippen LogP contribution in [-0.4, -0.2) is 14.4 Å². The van der Waals surface area contributed by atoms with E-state index in [0.29, 0.717) is 0 Å². The fourth-order valence-electron chi connectivity index (χ4n) is 8.48. The molecule has 52 heavy (non-hydrogen) atoms. The summed E-state index contributed by atoms with van der Waals surface area (Å²) in [6, 6.07) is 58.2. The quantitative estimate of drug-likeness (QED) is 0.177. The van der Waals surface area contributed by atoms with Crippen molar-refractivity contribution in [2.45, 2.75) is 0 Å². The van der Waals surface area contributed by atoms with Crippen LogP contribution in [0.5, 0.6) is 0 Å². The van der Waals surface area contributed by atoms with Crippen LogP contribution >= 0.6 is 0 Å². The van der Waals surface area contributed by atoms with Gasteiger partial charge in [0.2, 0.25) is 0 Å². The van der Waals surface area contributed by atoms with Crippen molar-refractivity contribution in [3.63, 3.8) is 0 Å². The van der Waals surface area contributed by atoms with Crippen LogP contribution in [0.1, 0.15) is 0 Å². The summed E-state index contributed by atoms with van der Waals surface area (Å²) in [4.78, 5) is 10.6. The Hall–Kier alpha value is -7.04. The monoisotopic (exact) mass is 661 g/mol. The van der Waals surface area contributed by atoms with Crippen LogP contribution in [0.2, 0.25) is 0 Å². The van der Waals surface area contributed by atoms with Crippen molar-refractivity contribution in [1.29, 1.82) is 0 Å². The average Bonchev–Trinajstić information content (AvgIpc) is 3.87. The molecule has 0 spiro atoms. The zero-order valence-electron chi connectivity index (χ0n) is 27.8. The van der Waals surface area contributed by atoms with Gasteiger partial charge in [0.05, 0.1) is 39.0 Å². The van der Waals surface area contributed by atoms with Crippen LogP contribution in [0, 0.1) is 0 Å². The number of fused-ring (bicyclic) bond motifs is 12. The van der Waals surface area contributed by atoms with Crippen molar-refractivity contribution >= 4 is 81.8 Å². The molecule has 4 heteroatoms. The van der Waals surface area contributed by atoms with Gasteiger partial charge >= 0.3 is 0 Å². The lowest BCUT2D eigenvalue weighted by Gasteiger charge is -2.09. The third-order valence-corrected chi connectivity index (χ3v) is 10.9. The molecule has 0 fully saturated rings. The molecule has 240 valence electrons. The molecule has 0 bridgehead atoms. The highest BCUT2D eigenvalue weighted by Gasteiger charge is 2.19. The van der Waals surface area contributed by atoms with Crippen molar-refractivity contribution in [1.82, 2.24) is 14.4 Å². The molecule has 7 aromatic carbocycles. The Morgan fingerprint density at radius 2 is 0.942 bits per heavy atom. The minimum absolute atomic E-state index is 0.903. The minimum Gasteiger partial charge on any atom is -0.455 e. The summed E-state index contributed by atoms with van der Waals surface area (Å²) in [5, 5.41) is 9.42. The smallest absolute Gasteiger partial charge is 0.143 e. The molecule has 0 aliphatic carbocycles. The Kier molecular flexibility index (Phi) is 5.47. The summed E-state index contributed by atoms with van der Waals surface area (Å²) < 4.78 is 8.74. The highest BCUT2D eigenvalue weighted by molar-refractivity contribution is 6.24. The molecule has 4 nitrogen and oxygen atoms in total. The summed E-state index contributed by atoms with van der Waals surface area (Å²) in [6.07, 6.45) is 0. The fourth-order valence-corrected chi connectivity index (χ4v) is 8.48. The summed E-state index contributed by atoms with van der Waals surface area (Å²) in [6.45, 7) is 0. The summed E-state index contributed by atoms with van der Waals surface area (Å²) in [5.41, 5.74) is 13.6. The van der Waals surface area contributed by atoms with Crippen molar-refractivity contribution in [2.75, 3.05) is 0 Å². The van der Waals surface area contributed by atoms with Gasteiger partial charge in [0, 0.05) is 59.8 Å². The van der Waals surface area contributed by atoms with Crippen molar-refractivity contribution in [3.8, 4) is 33.6 Å². The van der Waals surface area contributed by atoms with Gasteiger partial charge in [0.15, 0.2) is 0 Å². The van der Waals surface area contributed by atoms with E-state index in [2.05, 4.69) is 156 Å². The van der Waals surface area contributed by atoms with E-state index in [1.54, 1.807) is 0 Å². The van der Waals surface area contributed by atoms with E-state index in [1.165, 1.54) is 38.1 Å². The number of pyridine rings is 2. The van der Waals surface area contributed by atoms with Crippen LogP contribution in [0.15, 0.2) is 168 Å². The molecule has 0 radical (unpaired) electrons. The molecular weight excluding hydrogens is 635 g/mol. The summed E-state index contributed by atoms with van der Waals surface area (Å²) in [7, 11) is 0. The zero-order valence-corrected chi connectivity index (χ0v) is 27.8. The maximum atomic E-state index is 6.33.